The normalized spacial score (nSPS) is 21.0. The second kappa shape index (κ2) is 10.3. The van der Waals surface area contributed by atoms with E-state index in [2.05, 4.69) is 15.3 Å². The molecule has 2 aliphatic carbocycles. The molecule has 2 aliphatic rings. The van der Waals surface area contributed by atoms with E-state index in [0.29, 0.717) is 36.9 Å². The molecule has 5 rings (SSSR count). The number of aromatic nitrogens is 2. The van der Waals surface area contributed by atoms with Crippen molar-refractivity contribution in [2.45, 2.75) is 56.7 Å². The molecule has 2 heterocycles. The Morgan fingerprint density at radius 1 is 1.08 bits per heavy atom. The van der Waals surface area contributed by atoms with Crippen molar-refractivity contribution in [2.75, 3.05) is 18.9 Å². The number of nitrogens with one attached hydrogen (secondary N) is 1. The Labute approximate surface area is 214 Å². The second-order valence-corrected chi connectivity index (χ2v) is 10.3. The van der Waals surface area contributed by atoms with Crippen LogP contribution in [-0.4, -0.2) is 40.5 Å². The van der Waals surface area contributed by atoms with Crippen LogP contribution in [0.4, 0.5) is 24.5 Å². The van der Waals surface area contributed by atoms with Crippen molar-refractivity contribution < 1.29 is 18.0 Å². The summed E-state index contributed by atoms with van der Waals surface area (Å²) in [6.45, 7) is 0.552. The van der Waals surface area contributed by atoms with Crippen molar-refractivity contribution in [3.05, 3.63) is 59.9 Å². The van der Waals surface area contributed by atoms with Gasteiger partial charge in [0, 0.05) is 30.4 Å². The number of carbonyl (C=O) groups is 1. The molecule has 9 heteroatoms. The van der Waals surface area contributed by atoms with E-state index in [4.69, 9.17) is 5.73 Å². The number of halogens is 3. The lowest BCUT2D eigenvalue weighted by Crippen LogP contribution is -2.43. The zero-order valence-electron chi connectivity index (χ0n) is 20.8. The SMILES string of the molecule is CN(C(=O)C1CCC(CN)CC1)[C@@H](c1ccc(Nc2cnc3cccnc3c2C2CC2)cc1)C(F)(F)F. The first-order valence-electron chi connectivity index (χ1n) is 12.9. The fraction of sp³-hybridized carbons (Fsp3) is 0.464. The molecule has 0 aliphatic heterocycles. The molecule has 6 nitrogen and oxygen atoms in total. The van der Waals surface area contributed by atoms with Gasteiger partial charge in [0.15, 0.2) is 6.04 Å². The summed E-state index contributed by atoms with van der Waals surface area (Å²) in [4.78, 5) is 22.9. The maximum Gasteiger partial charge on any atom is 0.413 e. The van der Waals surface area contributed by atoms with Gasteiger partial charge < -0.3 is 16.0 Å². The van der Waals surface area contributed by atoms with E-state index in [1.807, 2.05) is 12.1 Å². The van der Waals surface area contributed by atoms with Gasteiger partial charge in [-0.2, -0.15) is 13.2 Å². The van der Waals surface area contributed by atoms with Gasteiger partial charge in [0.25, 0.3) is 0 Å². The number of alkyl halides is 3. The third-order valence-corrected chi connectivity index (χ3v) is 7.73. The number of hydrogen-bond donors (Lipinski definition) is 2. The molecule has 0 radical (unpaired) electrons. The minimum absolute atomic E-state index is 0.0327. The molecule has 0 spiro atoms. The molecule has 1 amide bonds. The van der Waals surface area contributed by atoms with E-state index in [1.165, 1.54) is 19.2 Å². The first-order chi connectivity index (χ1) is 17.8. The molecule has 3 aromatic rings. The Hall–Kier alpha value is -3.20. The molecule has 0 saturated heterocycles. The lowest BCUT2D eigenvalue weighted by atomic mass is 9.81. The van der Waals surface area contributed by atoms with Crippen LogP contribution in [0.15, 0.2) is 48.8 Å². The maximum atomic E-state index is 14.2. The lowest BCUT2D eigenvalue weighted by molar-refractivity contribution is -0.191. The summed E-state index contributed by atoms with van der Waals surface area (Å²) in [5.74, 6) is -0.101. The van der Waals surface area contributed by atoms with Gasteiger partial charge in [-0.1, -0.05) is 12.1 Å². The number of carbonyl (C=O) groups excluding carboxylic acids is 1. The predicted molar refractivity (Wildman–Crippen MR) is 137 cm³/mol. The van der Waals surface area contributed by atoms with Crippen molar-refractivity contribution in [1.29, 1.82) is 0 Å². The van der Waals surface area contributed by atoms with Crippen LogP contribution in [-0.2, 0) is 4.79 Å². The highest BCUT2D eigenvalue weighted by atomic mass is 19.4. The van der Waals surface area contributed by atoms with Gasteiger partial charge in [-0.15, -0.1) is 0 Å². The molecule has 2 aromatic heterocycles. The van der Waals surface area contributed by atoms with Crippen LogP contribution in [0.1, 0.15) is 61.6 Å². The number of pyridine rings is 2. The summed E-state index contributed by atoms with van der Waals surface area (Å²) in [5, 5.41) is 3.33. The fourth-order valence-electron chi connectivity index (χ4n) is 5.52. The molecule has 0 bridgehead atoms. The smallest absolute Gasteiger partial charge is 0.354 e. The Morgan fingerprint density at radius 2 is 1.78 bits per heavy atom. The third-order valence-electron chi connectivity index (χ3n) is 7.73. The summed E-state index contributed by atoms with van der Waals surface area (Å²) in [5.41, 5.74) is 9.99. The fourth-order valence-corrected chi connectivity index (χ4v) is 5.52. The zero-order valence-corrected chi connectivity index (χ0v) is 20.8. The maximum absolute atomic E-state index is 14.2. The second-order valence-electron chi connectivity index (χ2n) is 10.3. The molecule has 3 N–H and O–H groups in total. The van der Waals surface area contributed by atoms with E-state index in [9.17, 15) is 18.0 Å². The number of nitrogens with two attached hydrogens (primary N) is 1. The van der Waals surface area contributed by atoms with E-state index in [-0.39, 0.29) is 5.56 Å². The van der Waals surface area contributed by atoms with Crippen molar-refractivity contribution in [1.82, 2.24) is 14.9 Å². The summed E-state index contributed by atoms with van der Waals surface area (Å²) in [6.07, 6.45) is 3.77. The van der Waals surface area contributed by atoms with Crippen molar-refractivity contribution in [2.24, 2.45) is 17.6 Å². The standard InChI is InChI=1S/C28H32F3N5O/c1-36(27(37)20-6-4-17(15-32)5-7-20)26(28(29,30)31)19-10-12-21(13-11-19)35-23-16-34-22-3-2-14-33-25(22)24(23)18-8-9-18/h2-3,10-14,16-18,20,26,35H,4-9,15,32H2,1H3/t17?,20?,26-/m0/s1. The average Bonchev–Trinajstić information content (AvgIpc) is 3.73. The van der Waals surface area contributed by atoms with E-state index in [1.54, 1.807) is 24.5 Å². The molecule has 1 aromatic carbocycles. The highest BCUT2D eigenvalue weighted by molar-refractivity contribution is 5.85. The van der Waals surface area contributed by atoms with Crippen molar-refractivity contribution in [3.8, 4) is 0 Å². The van der Waals surface area contributed by atoms with Crippen molar-refractivity contribution in [3.63, 3.8) is 0 Å². The molecule has 1 atom stereocenters. The van der Waals surface area contributed by atoms with Gasteiger partial charge in [0.05, 0.1) is 22.9 Å². The minimum atomic E-state index is -4.60. The molecular weight excluding hydrogens is 479 g/mol. The topological polar surface area (TPSA) is 84.1 Å². The van der Waals surface area contributed by atoms with Crippen LogP contribution in [0.5, 0.6) is 0 Å². The van der Waals surface area contributed by atoms with Crippen LogP contribution in [0.25, 0.3) is 11.0 Å². The molecule has 37 heavy (non-hydrogen) atoms. The Bertz CT molecular complexity index is 1250. The summed E-state index contributed by atoms with van der Waals surface area (Å²) in [6, 6.07) is 7.90. The van der Waals surface area contributed by atoms with Gasteiger partial charge in [0.2, 0.25) is 5.91 Å². The van der Waals surface area contributed by atoms with E-state index >= 15 is 0 Å². The molecule has 2 saturated carbocycles. The quantitative estimate of drug-likeness (QED) is 0.402. The Morgan fingerprint density at radius 3 is 2.41 bits per heavy atom. The highest BCUT2D eigenvalue weighted by Gasteiger charge is 2.46. The zero-order chi connectivity index (χ0) is 26.2. The number of benzene rings is 1. The summed E-state index contributed by atoms with van der Waals surface area (Å²) >= 11 is 0. The van der Waals surface area contributed by atoms with Gasteiger partial charge in [-0.25, -0.2) is 0 Å². The minimum Gasteiger partial charge on any atom is -0.354 e. The first kappa shape index (κ1) is 25.4. The van der Waals surface area contributed by atoms with Crippen LogP contribution >= 0.6 is 0 Å². The van der Waals surface area contributed by atoms with Gasteiger partial charge in [-0.3, -0.25) is 14.8 Å². The number of amides is 1. The highest BCUT2D eigenvalue weighted by Crippen LogP contribution is 2.46. The Kier molecular flexibility index (Phi) is 7.07. The van der Waals surface area contributed by atoms with Crippen molar-refractivity contribution >= 4 is 28.3 Å². The van der Waals surface area contributed by atoms with Gasteiger partial charge in [0.1, 0.15) is 0 Å². The number of anilines is 2. The van der Waals surface area contributed by atoms with Crippen LogP contribution in [0.3, 0.4) is 0 Å². The monoisotopic (exact) mass is 511 g/mol. The molecular formula is C28H32F3N5O. The van der Waals surface area contributed by atoms with E-state index < -0.39 is 24.0 Å². The summed E-state index contributed by atoms with van der Waals surface area (Å²) in [7, 11) is 1.26. The average molecular weight is 512 g/mol. The van der Waals surface area contributed by atoms with Gasteiger partial charge in [-0.05, 0) is 86.7 Å². The number of rotatable bonds is 7. The van der Waals surface area contributed by atoms with Crippen LogP contribution in [0.2, 0.25) is 0 Å². The third kappa shape index (κ3) is 5.42. The Balaban J connectivity index is 1.36. The van der Waals surface area contributed by atoms with Crippen LogP contribution in [0, 0.1) is 11.8 Å². The number of fused-ring (bicyclic) bond motifs is 1. The first-order valence-corrected chi connectivity index (χ1v) is 12.9. The largest absolute Gasteiger partial charge is 0.413 e. The molecule has 2 fully saturated rings. The lowest BCUT2D eigenvalue weighted by Gasteiger charge is -2.35. The summed E-state index contributed by atoms with van der Waals surface area (Å²) < 4.78 is 42.6. The van der Waals surface area contributed by atoms with E-state index in [0.717, 1.165) is 52.9 Å². The number of nitrogens with zero attached hydrogens (tertiary/aromatic N) is 3. The molecule has 196 valence electrons. The van der Waals surface area contributed by atoms with Gasteiger partial charge >= 0.3 is 6.18 Å². The number of hydrogen-bond acceptors (Lipinski definition) is 5. The van der Waals surface area contributed by atoms with Crippen LogP contribution < -0.4 is 11.1 Å². The molecule has 0 unspecified atom stereocenters. The predicted octanol–water partition coefficient (Wildman–Crippen LogP) is 6.08.